The summed E-state index contributed by atoms with van der Waals surface area (Å²) < 4.78 is 11.9. The van der Waals surface area contributed by atoms with Crippen molar-refractivity contribution in [2.45, 2.75) is 0 Å². The van der Waals surface area contributed by atoms with Gasteiger partial charge in [-0.3, -0.25) is 14.0 Å². The van der Waals surface area contributed by atoms with Crippen LogP contribution in [0.5, 0.6) is 11.5 Å². The molecule has 0 aliphatic rings. The molecule has 0 saturated carbocycles. The van der Waals surface area contributed by atoms with Gasteiger partial charge in [0.1, 0.15) is 17.1 Å². The molecular formula is C21H17N3O4S. The lowest BCUT2D eigenvalue weighted by atomic mass is 10.2. The van der Waals surface area contributed by atoms with E-state index in [1.54, 1.807) is 18.2 Å². The summed E-state index contributed by atoms with van der Waals surface area (Å²) in [6, 6.07) is 14.5. The molecule has 0 aliphatic heterocycles. The summed E-state index contributed by atoms with van der Waals surface area (Å²) in [5.41, 5.74) is 1.46. The van der Waals surface area contributed by atoms with E-state index < -0.39 is 11.5 Å². The molecule has 7 nitrogen and oxygen atoms in total. The Morgan fingerprint density at radius 1 is 1.10 bits per heavy atom. The number of amides is 1. The molecule has 4 aromatic rings. The zero-order valence-corrected chi connectivity index (χ0v) is 16.5. The number of nitrogens with one attached hydrogen (secondary N) is 1. The number of thiazole rings is 1. The first-order valence-electron chi connectivity index (χ1n) is 8.70. The number of carbonyl (C=O) groups is 1. The molecule has 2 aromatic carbocycles. The largest absolute Gasteiger partial charge is 0.497 e. The second-order valence-electron chi connectivity index (χ2n) is 6.10. The number of aromatic nitrogens is 2. The first-order chi connectivity index (χ1) is 14.1. The Balaban J connectivity index is 1.76. The van der Waals surface area contributed by atoms with Crippen molar-refractivity contribution in [2.75, 3.05) is 19.5 Å². The van der Waals surface area contributed by atoms with Crippen LogP contribution < -0.4 is 20.3 Å². The fourth-order valence-electron chi connectivity index (χ4n) is 2.96. The lowest BCUT2D eigenvalue weighted by molar-refractivity contribution is 0.102. The molecule has 4 rings (SSSR count). The zero-order valence-electron chi connectivity index (χ0n) is 15.7. The van der Waals surface area contributed by atoms with E-state index in [0.29, 0.717) is 27.8 Å². The van der Waals surface area contributed by atoms with Crippen LogP contribution in [0.1, 0.15) is 10.4 Å². The SMILES string of the molecule is COc1ccc(OC)c(NC(=O)c2cnc3scc(-c4ccccc4)n3c2=O)c1. The maximum Gasteiger partial charge on any atom is 0.271 e. The van der Waals surface area contributed by atoms with Crippen LogP contribution in [-0.4, -0.2) is 29.5 Å². The van der Waals surface area contributed by atoms with E-state index in [9.17, 15) is 9.59 Å². The summed E-state index contributed by atoms with van der Waals surface area (Å²) in [4.78, 5) is 30.8. The first-order valence-corrected chi connectivity index (χ1v) is 9.58. The van der Waals surface area contributed by atoms with Gasteiger partial charge in [0.05, 0.1) is 25.6 Å². The number of carbonyl (C=O) groups excluding carboxylic acids is 1. The van der Waals surface area contributed by atoms with Crippen molar-refractivity contribution in [1.29, 1.82) is 0 Å². The molecule has 1 amide bonds. The Hall–Kier alpha value is -3.65. The molecule has 8 heteroatoms. The predicted molar refractivity (Wildman–Crippen MR) is 112 cm³/mol. The summed E-state index contributed by atoms with van der Waals surface area (Å²) in [5.74, 6) is 0.429. The van der Waals surface area contributed by atoms with Crippen molar-refractivity contribution in [3.05, 3.63) is 76.0 Å². The van der Waals surface area contributed by atoms with Crippen LogP contribution in [0.2, 0.25) is 0 Å². The standard InChI is InChI=1S/C21H17N3O4S/c1-27-14-8-9-18(28-2)16(10-14)23-19(25)15-11-22-21-24(20(15)26)17(12-29-21)13-6-4-3-5-7-13/h3-12H,1-2H3,(H,23,25). The van der Waals surface area contributed by atoms with Crippen LogP contribution in [0, 0.1) is 0 Å². The number of rotatable bonds is 5. The van der Waals surface area contributed by atoms with Crippen LogP contribution in [-0.2, 0) is 0 Å². The minimum Gasteiger partial charge on any atom is -0.497 e. The molecule has 2 aromatic heterocycles. The zero-order chi connectivity index (χ0) is 20.4. The van der Waals surface area contributed by atoms with Gasteiger partial charge in [-0.05, 0) is 17.7 Å². The Morgan fingerprint density at radius 2 is 1.90 bits per heavy atom. The van der Waals surface area contributed by atoms with E-state index in [1.165, 1.54) is 36.2 Å². The second kappa shape index (κ2) is 7.76. The summed E-state index contributed by atoms with van der Waals surface area (Å²) >= 11 is 1.34. The highest BCUT2D eigenvalue weighted by Crippen LogP contribution is 2.29. The van der Waals surface area contributed by atoms with Gasteiger partial charge >= 0.3 is 0 Å². The molecule has 0 saturated heterocycles. The van der Waals surface area contributed by atoms with Crippen molar-refractivity contribution in [3.63, 3.8) is 0 Å². The maximum absolute atomic E-state index is 13.1. The average molecular weight is 407 g/mol. The summed E-state index contributed by atoms with van der Waals surface area (Å²) in [7, 11) is 3.02. The van der Waals surface area contributed by atoms with Crippen molar-refractivity contribution in [2.24, 2.45) is 0 Å². The van der Waals surface area contributed by atoms with E-state index in [4.69, 9.17) is 9.47 Å². The number of anilines is 1. The molecule has 146 valence electrons. The van der Waals surface area contributed by atoms with Gasteiger partial charge in [-0.15, -0.1) is 11.3 Å². The number of hydrogen-bond acceptors (Lipinski definition) is 6. The number of fused-ring (bicyclic) bond motifs is 1. The van der Waals surface area contributed by atoms with Crippen LogP contribution in [0.15, 0.2) is 64.9 Å². The molecule has 0 unspecified atom stereocenters. The van der Waals surface area contributed by atoms with E-state index in [0.717, 1.165) is 5.56 Å². The van der Waals surface area contributed by atoms with Gasteiger partial charge in [0.15, 0.2) is 4.96 Å². The number of benzene rings is 2. The van der Waals surface area contributed by atoms with Gasteiger partial charge in [0.25, 0.3) is 11.5 Å². The summed E-state index contributed by atoms with van der Waals surface area (Å²) in [5, 5.41) is 4.57. The number of nitrogens with zero attached hydrogens (tertiary/aromatic N) is 2. The van der Waals surface area contributed by atoms with Crippen LogP contribution in [0.4, 0.5) is 5.69 Å². The van der Waals surface area contributed by atoms with Gasteiger partial charge in [-0.25, -0.2) is 4.98 Å². The van der Waals surface area contributed by atoms with Crippen molar-refractivity contribution in [3.8, 4) is 22.8 Å². The summed E-state index contributed by atoms with van der Waals surface area (Å²) in [6.07, 6.45) is 1.30. The van der Waals surface area contributed by atoms with E-state index in [-0.39, 0.29) is 5.56 Å². The van der Waals surface area contributed by atoms with E-state index in [1.807, 2.05) is 35.7 Å². The van der Waals surface area contributed by atoms with Gasteiger partial charge < -0.3 is 14.8 Å². The molecule has 0 fully saturated rings. The lowest BCUT2D eigenvalue weighted by Crippen LogP contribution is -2.26. The minimum absolute atomic E-state index is 0.0667. The highest BCUT2D eigenvalue weighted by molar-refractivity contribution is 7.15. The highest BCUT2D eigenvalue weighted by atomic mass is 32.1. The van der Waals surface area contributed by atoms with Gasteiger partial charge in [0.2, 0.25) is 0 Å². The van der Waals surface area contributed by atoms with E-state index >= 15 is 0 Å². The van der Waals surface area contributed by atoms with Crippen molar-refractivity contribution >= 4 is 27.9 Å². The first kappa shape index (κ1) is 18.7. The molecule has 1 N–H and O–H groups in total. The van der Waals surface area contributed by atoms with Crippen LogP contribution in [0.25, 0.3) is 16.2 Å². The molecule has 0 spiro atoms. The van der Waals surface area contributed by atoms with Crippen LogP contribution in [0.3, 0.4) is 0 Å². The van der Waals surface area contributed by atoms with Gasteiger partial charge in [-0.1, -0.05) is 30.3 Å². The molecule has 0 aliphatic carbocycles. The van der Waals surface area contributed by atoms with Crippen LogP contribution >= 0.6 is 11.3 Å². The molecule has 0 atom stereocenters. The average Bonchev–Trinajstić information content (AvgIpc) is 3.19. The Bertz CT molecular complexity index is 1250. The third kappa shape index (κ3) is 3.45. The van der Waals surface area contributed by atoms with Gasteiger partial charge in [0, 0.05) is 17.6 Å². The monoisotopic (exact) mass is 407 g/mol. The molecule has 0 bridgehead atoms. The second-order valence-corrected chi connectivity index (χ2v) is 6.94. The maximum atomic E-state index is 13.1. The minimum atomic E-state index is -0.575. The number of methoxy groups -OCH3 is 2. The molecule has 29 heavy (non-hydrogen) atoms. The quantitative estimate of drug-likeness (QED) is 0.546. The Kier molecular flexibility index (Phi) is 5.01. The molecular weight excluding hydrogens is 390 g/mol. The third-order valence-electron chi connectivity index (χ3n) is 4.41. The van der Waals surface area contributed by atoms with Crippen molar-refractivity contribution < 1.29 is 14.3 Å². The molecule has 2 heterocycles. The van der Waals surface area contributed by atoms with Gasteiger partial charge in [-0.2, -0.15) is 0 Å². The fourth-order valence-corrected chi connectivity index (χ4v) is 3.82. The Labute approximate surface area is 170 Å². The predicted octanol–water partition coefficient (Wildman–Crippen LogP) is 3.69. The number of hydrogen-bond donors (Lipinski definition) is 1. The lowest BCUT2D eigenvalue weighted by Gasteiger charge is -2.11. The topological polar surface area (TPSA) is 81.9 Å². The highest BCUT2D eigenvalue weighted by Gasteiger charge is 2.18. The number of ether oxygens (including phenoxy) is 2. The summed E-state index contributed by atoms with van der Waals surface area (Å²) in [6.45, 7) is 0. The fraction of sp³-hybridized carbons (Fsp3) is 0.0952. The smallest absolute Gasteiger partial charge is 0.271 e. The van der Waals surface area contributed by atoms with E-state index in [2.05, 4.69) is 10.3 Å². The van der Waals surface area contributed by atoms with Crippen molar-refractivity contribution in [1.82, 2.24) is 9.38 Å². The molecule has 0 radical (unpaired) electrons. The third-order valence-corrected chi connectivity index (χ3v) is 5.25. The Morgan fingerprint density at radius 3 is 2.62 bits per heavy atom. The normalized spacial score (nSPS) is 10.7.